The van der Waals surface area contributed by atoms with Crippen molar-refractivity contribution in [3.8, 4) is 6.07 Å². The molecule has 2 N–H and O–H groups in total. The van der Waals surface area contributed by atoms with Gasteiger partial charge in [0.1, 0.15) is 17.5 Å². The molecule has 2 fully saturated rings. The van der Waals surface area contributed by atoms with Crippen molar-refractivity contribution >= 4 is 24.3 Å². The summed E-state index contributed by atoms with van der Waals surface area (Å²) in [5.41, 5.74) is 0.644. The molecule has 1 radical (unpaired) electrons. The molecule has 2 aliphatic rings. The predicted molar refractivity (Wildman–Crippen MR) is 174 cm³/mol. The smallest absolute Gasteiger partial charge is 0.264 e. The molecule has 3 rings (SSSR count). The summed E-state index contributed by atoms with van der Waals surface area (Å²) in [4.78, 5) is 41.5. The Morgan fingerprint density at radius 2 is 1.41 bits per heavy atom. The zero-order chi connectivity index (χ0) is 34.2. The van der Waals surface area contributed by atoms with Gasteiger partial charge in [0.2, 0.25) is 5.91 Å². The molecule has 16 heteroatoms. The van der Waals surface area contributed by atoms with Crippen LogP contribution < -0.4 is 10.6 Å². The number of nitriles is 1. The number of nitrogens with zero attached hydrogens (tertiary/aromatic N) is 4. The number of carbonyl (C=O) groups excluding carboxylic acids is 3. The zero-order valence-electron chi connectivity index (χ0n) is 27.9. The van der Waals surface area contributed by atoms with Crippen LogP contribution >= 0.6 is 0 Å². The van der Waals surface area contributed by atoms with E-state index in [-0.39, 0.29) is 67.9 Å². The largest absolute Gasteiger partial charge is 0.528 e. The molecule has 14 nitrogen and oxygen atoms in total. The van der Waals surface area contributed by atoms with Crippen LogP contribution in [-0.4, -0.2) is 164 Å². The Morgan fingerprint density at radius 3 is 1.96 bits per heavy atom. The van der Waals surface area contributed by atoms with E-state index in [0.717, 1.165) is 32.6 Å². The third kappa shape index (κ3) is 18.0. The number of likely N-dealkylation sites (tertiary alicyclic amines) is 1. The minimum Gasteiger partial charge on any atom is -0.528 e. The Hall–Kier alpha value is -2.20. The third-order valence-electron chi connectivity index (χ3n) is 7.77. The van der Waals surface area contributed by atoms with E-state index < -0.39 is 0 Å². The summed E-state index contributed by atoms with van der Waals surface area (Å²) in [6.45, 7) is 9.85. The molecule has 275 valence electrons. The second-order valence-electron chi connectivity index (χ2n) is 11.2. The summed E-state index contributed by atoms with van der Waals surface area (Å²) in [6.07, 6.45) is 3.90. The van der Waals surface area contributed by atoms with Crippen LogP contribution in [0.3, 0.4) is 0 Å². The van der Waals surface area contributed by atoms with Crippen LogP contribution in [0.1, 0.15) is 12.0 Å². The number of halogens is 1. The number of ether oxygens (including phenoxy) is 5. The third-order valence-corrected chi connectivity index (χ3v) is 7.77. The van der Waals surface area contributed by atoms with Crippen LogP contribution in [0.5, 0.6) is 0 Å². The Labute approximate surface area is 319 Å². The second-order valence-corrected chi connectivity index (χ2v) is 11.2. The molecule has 2 aliphatic heterocycles. The Kier molecular flexibility index (Phi) is 23.3. The SMILES string of the molecule is N#C/C(=C/c1ccc(F)cc1)C(=O)N1CCC(N2CCN(CC(=O)NCCOCCOCCOCCOCCOCCN[C-]=O)CC2)C1.[Tb]. The Morgan fingerprint density at radius 1 is 0.857 bits per heavy atom. The van der Waals surface area contributed by atoms with Gasteiger partial charge in [0, 0.05) is 97.0 Å². The van der Waals surface area contributed by atoms with Gasteiger partial charge in [-0.25, -0.2) is 4.39 Å². The summed E-state index contributed by atoms with van der Waals surface area (Å²) in [5.74, 6) is -0.722. The summed E-state index contributed by atoms with van der Waals surface area (Å²) < 4.78 is 40.2. The van der Waals surface area contributed by atoms with Gasteiger partial charge in [0.25, 0.3) is 5.91 Å². The summed E-state index contributed by atoms with van der Waals surface area (Å²) in [7, 11) is 0. The molecule has 0 saturated carbocycles. The number of amides is 3. The second kappa shape index (κ2) is 26.6. The first-order valence-corrected chi connectivity index (χ1v) is 16.4. The maximum absolute atomic E-state index is 13.2. The van der Waals surface area contributed by atoms with Gasteiger partial charge in [-0.15, -0.1) is 0 Å². The van der Waals surface area contributed by atoms with Gasteiger partial charge in [-0.05, 0) is 30.2 Å². The van der Waals surface area contributed by atoms with Crippen molar-refractivity contribution in [2.24, 2.45) is 0 Å². The number of carbonyl (C=O) groups is 2. The van der Waals surface area contributed by atoms with Gasteiger partial charge in [-0.1, -0.05) is 12.1 Å². The van der Waals surface area contributed by atoms with Crippen molar-refractivity contribution in [3.05, 3.63) is 41.2 Å². The Bertz CT molecular complexity index is 1170. The fourth-order valence-electron chi connectivity index (χ4n) is 5.23. The summed E-state index contributed by atoms with van der Waals surface area (Å²) in [5, 5.41) is 14.8. The molecule has 1 aromatic carbocycles. The molecule has 1 aromatic rings. The molecule has 0 spiro atoms. The molecule has 1 atom stereocenters. The van der Waals surface area contributed by atoms with E-state index in [0.29, 0.717) is 104 Å². The van der Waals surface area contributed by atoms with Crippen LogP contribution in [0.4, 0.5) is 4.39 Å². The van der Waals surface area contributed by atoms with Gasteiger partial charge in [-0.2, -0.15) is 11.7 Å². The molecule has 0 aromatic heterocycles. The number of nitrogens with one attached hydrogen (secondary N) is 2. The molecule has 49 heavy (non-hydrogen) atoms. The summed E-state index contributed by atoms with van der Waals surface area (Å²) in [6, 6.07) is 7.89. The van der Waals surface area contributed by atoms with Gasteiger partial charge in [0.15, 0.2) is 0 Å². The monoisotopic (exact) mass is 834 g/mol. The van der Waals surface area contributed by atoms with Crippen molar-refractivity contribution in [1.82, 2.24) is 25.3 Å². The standard InChI is InChI=1S/C33H48FN6O8.Tb/c34-30-3-1-28(2-4-30)23-29(24-35)33(43)40-8-5-31(25-40)39-11-9-38(10-12-39)26-32(42)37-7-14-45-16-18-47-20-22-48-21-19-46-17-15-44-13-6-36-27-41;/h1-4,23,31H,5-22,25-26H2,(H,36,41)(H,37,42);/q-1;/b29-23-;. The van der Waals surface area contributed by atoms with Crippen LogP contribution in [0.25, 0.3) is 6.08 Å². The quantitative estimate of drug-likeness (QED) is 0.0469. The first-order chi connectivity index (χ1) is 23.5. The first kappa shape index (κ1) is 43.0. The van der Waals surface area contributed by atoms with Crippen molar-refractivity contribution in [2.45, 2.75) is 12.5 Å². The average Bonchev–Trinajstić information content (AvgIpc) is 3.59. The van der Waals surface area contributed by atoms with Crippen LogP contribution in [0.15, 0.2) is 29.8 Å². The van der Waals surface area contributed by atoms with E-state index in [1.54, 1.807) is 11.3 Å². The number of rotatable bonds is 24. The number of hydrogen-bond acceptors (Lipinski definition) is 11. The molecule has 3 amide bonds. The van der Waals surface area contributed by atoms with Crippen molar-refractivity contribution in [3.63, 3.8) is 0 Å². The van der Waals surface area contributed by atoms with Crippen LogP contribution in [0, 0.1) is 55.8 Å². The van der Waals surface area contributed by atoms with Crippen molar-refractivity contribution in [2.75, 3.05) is 125 Å². The number of benzene rings is 1. The van der Waals surface area contributed by atoms with Gasteiger partial charge < -0.3 is 44.0 Å². The fourth-order valence-corrected chi connectivity index (χ4v) is 5.23. The van der Waals surface area contributed by atoms with E-state index in [4.69, 9.17) is 23.7 Å². The predicted octanol–water partition coefficient (Wildman–Crippen LogP) is -0.193. The van der Waals surface area contributed by atoms with Crippen LogP contribution in [0.2, 0.25) is 0 Å². The molecule has 0 bridgehead atoms. The summed E-state index contributed by atoms with van der Waals surface area (Å²) >= 11 is 0. The zero-order valence-corrected chi connectivity index (χ0v) is 30.0. The van der Waals surface area contributed by atoms with Gasteiger partial charge >= 0.3 is 0 Å². The van der Waals surface area contributed by atoms with Gasteiger partial charge in [-0.3, -0.25) is 19.4 Å². The average molecular weight is 835 g/mol. The maximum atomic E-state index is 13.2. The normalized spacial score (nSPS) is 16.9. The molecular weight excluding hydrogens is 786 g/mol. The van der Waals surface area contributed by atoms with Crippen molar-refractivity contribution < 1.29 is 81.1 Å². The van der Waals surface area contributed by atoms with Crippen LogP contribution in [-0.2, 0) is 38.1 Å². The topological polar surface area (TPSA) is 155 Å². The minimum absolute atomic E-state index is 0. The molecular formula is C33H48FN6O8Tb-. The Balaban J connectivity index is 0.00000833. The fraction of sp³-hybridized carbons (Fsp3) is 0.636. The van der Waals surface area contributed by atoms with E-state index in [9.17, 15) is 24.0 Å². The molecule has 0 aliphatic carbocycles. The first-order valence-electron chi connectivity index (χ1n) is 16.4. The molecule has 2 saturated heterocycles. The molecule has 1 unspecified atom stereocenters. The number of hydrogen-bond donors (Lipinski definition) is 2. The minimum atomic E-state index is -0.372. The van der Waals surface area contributed by atoms with E-state index >= 15 is 0 Å². The van der Waals surface area contributed by atoms with Gasteiger partial charge in [0.05, 0.1) is 72.6 Å². The van der Waals surface area contributed by atoms with Crippen molar-refractivity contribution in [1.29, 1.82) is 5.26 Å². The maximum Gasteiger partial charge on any atom is 0.264 e. The van der Waals surface area contributed by atoms with E-state index in [2.05, 4.69) is 20.4 Å². The molecule has 2 heterocycles. The van der Waals surface area contributed by atoms with E-state index in [1.807, 2.05) is 6.07 Å². The van der Waals surface area contributed by atoms with E-state index in [1.165, 1.54) is 30.3 Å². The number of piperazine rings is 1.